The number of carbonyl (C=O) groups excluding carboxylic acids is 1. The Morgan fingerprint density at radius 3 is 1.08 bits per heavy atom. The third-order valence-corrected chi connectivity index (χ3v) is 18.8. The van der Waals surface area contributed by atoms with E-state index in [2.05, 4.69) is 246 Å². The summed E-state index contributed by atoms with van der Waals surface area (Å²) in [7, 11) is 3.90. The number of hydrogen-bond donors (Lipinski definition) is 0. The number of likely N-dealkylation sites (tertiary alicyclic amines) is 1. The first-order chi connectivity index (χ1) is 40.7. The molecule has 7 aliphatic heterocycles. The van der Waals surface area contributed by atoms with Crippen molar-refractivity contribution < 1.29 is 14.3 Å². The van der Waals surface area contributed by atoms with Crippen molar-refractivity contribution in [1.82, 2.24) is 53.9 Å². The third-order valence-electron chi connectivity index (χ3n) is 18.8. The average Bonchev–Trinajstić information content (AvgIpc) is 0.943. The van der Waals surface area contributed by atoms with Crippen molar-refractivity contribution in [2.75, 3.05) is 171 Å². The van der Waals surface area contributed by atoms with Gasteiger partial charge in [-0.3, -0.25) is 44.0 Å². The number of methoxy groups -OCH3 is 1. The number of ether oxygens (including phenoxy) is 2. The first-order valence-electron chi connectivity index (χ1n) is 35.6. The molecule has 0 radical (unpaired) electrons. The maximum absolute atomic E-state index is 11.1. The lowest BCUT2D eigenvalue weighted by atomic mass is 9.95. The number of fused-ring (bicyclic) bond motifs is 1. The normalized spacial score (nSPS) is 20.9. The molecule has 8 rings (SSSR count). The molecule has 1 aromatic carbocycles. The monoisotopic (exact) mass is 1270 g/mol. The summed E-state index contributed by atoms with van der Waals surface area (Å²) in [5.41, 5.74) is 5.42. The molecule has 0 atom stereocenters. The number of carbonyl (C=O) groups is 1. The van der Waals surface area contributed by atoms with Gasteiger partial charge in [-0.05, 0) is 237 Å². The molecular weight excluding hydrogens is 1110 g/mol. The van der Waals surface area contributed by atoms with Gasteiger partial charge in [-0.25, -0.2) is 0 Å². The number of likely N-dealkylation sites (N-methyl/N-ethyl adjacent to an activating group) is 2. The predicted octanol–water partition coefficient (Wildman–Crippen LogP) is 13.5. The average molecular weight is 1270 g/mol. The van der Waals surface area contributed by atoms with Gasteiger partial charge in [0.2, 0.25) is 5.91 Å². The van der Waals surface area contributed by atoms with Gasteiger partial charge in [0.1, 0.15) is 0 Å². The van der Waals surface area contributed by atoms with Crippen LogP contribution in [0.3, 0.4) is 0 Å². The van der Waals surface area contributed by atoms with E-state index in [9.17, 15) is 4.79 Å². The molecule has 7 aliphatic rings. The number of piperazine rings is 4. The zero-order valence-corrected chi connectivity index (χ0v) is 65.0. The van der Waals surface area contributed by atoms with Crippen LogP contribution in [0.4, 0.5) is 0 Å². The predicted molar refractivity (Wildman–Crippen MR) is 395 cm³/mol. The zero-order valence-electron chi connectivity index (χ0n) is 65.0. The second-order valence-electron chi connectivity index (χ2n) is 34.4. The lowest BCUT2D eigenvalue weighted by Gasteiger charge is -2.43. The van der Waals surface area contributed by atoms with Crippen LogP contribution < -0.4 is 0 Å². The number of morpholine rings is 1. The molecule has 14 heteroatoms. The Morgan fingerprint density at radius 2 is 0.767 bits per heavy atom. The summed E-state index contributed by atoms with van der Waals surface area (Å²) in [5.74, 6) is 0.202. The van der Waals surface area contributed by atoms with Crippen LogP contribution in [0, 0.1) is 0 Å². The summed E-state index contributed by atoms with van der Waals surface area (Å²) < 4.78 is 10.2. The van der Waals surface area contributed by atoms with Gasteiger partial charge in [0.15, 0.2) is 0 Å². The first-order valence-corrected chi connectivity index (χ1v) is 35.6. The SMILES string of the molecule is C.CC(=O)N1CCN(C(C)(C)C)CC1.CC(C)(C)N1CCCCC1.CC(C)(C)N1CCOCC1.CC(C)(C)N1CCc2ccccc2C1.CC(C)N1CCN(C(C)(C)C)CC1.CCN1CCN(C(C)(C)C)CC1.CN1CCN(C(C)(C)C)CC1.COC(C)(C)C. The van der Waals surface area contributed by atoms with Gasteiger partial charge in [0.25, 0.3) is 0 Å². The molecule has 0 aromatic heterocycles. The van der Waals surface area contributed by atoms with E-state index in [-0.39, 0.29) is 24.5 Å². The molecule has 6 saturated heterocycles. The minimum Gasteiger partial charge on any atom is -0.379 e. The second-order valence-corrected chi connectivity index (χ2v) is 34.4. The van der Waals surface area contributed by atoms with Crippen molar-refractivity contribution in [3.8, 4) is 0 Å². The van der Waals surface area contributed by atoms with Crippen LogP contribution in [0.15, 0.2) is 24.3 Å². The van der Waals surface area contributed by atoms with Crippen molar-refractivity contribution in [3.05, 3.63) is 35.4 Å². The van der Waals surface area contributed by atoms with Crippen LogP contribution in [0.1, 0.15) is 232 Å². The Morgan fingerprint density at radius 1 is 0.444 bits per heavy atom. The smallest absolute Gasteiger partial charge is 0.219 e. The Labute approximate surface area is 562 Å². The number of rotatable bonds is 2. The summed E-state index contributed by atoms with van der Waals surface area (Å²) in [6.45, 7) is 91.0. The van der Waals surface area contributed by atoms with Crippen molar-refractivity contribution in [3.63, 3.8) is 0 Å². The number of amides is 1. The minimum atomic E-state index is 0. The van der Waals surface area contributed by atoms with E-state index < -0.39 is 0 Å². The molecule has 14 nitrogen and oxygen atoms in total. The number of hydrogen-bond acceptors (Lipinski definition) is 13. The van der Waals surface area contributed by atoms with Crippen molar-refractivity contribution >= 4 is 5.91 Å². The lowest BCUT2D eigenvalue weighted by molar-refractivity contribution is -0.131. The number of benzene rings is 1. The van der Waals surface area contributed by atoms with Gasteiger partial charge >= 0.3 is 0 Å². The van der Waals surface area contributed by atoms with E-state index in [1.807, 2.05) is 25.7 Å². The van der Waals surface area contributed by atoms with E-state index in [1.54, 1.807) is 14.0 Å². The molecule has 0 spiro atoms. The summed E-state index contributed by atoms with van der Waals surface area (Å²) in [6.07, 6.45) is 5.44. The quantitative estimate of drug-likeness (QED) is 0.283. The number of nitrogens with zero attached hydrogens (tertiary/aromatic N) is 11. The zero-order chi connectivity index (χ0) is 68.4. The van der Waals surface area contributed by atoms with Gasteiger partial charge in [0.05, 0.1) is 18.8 Å². The van der Waals surface area contributed by atoms with E-state index >= 15 is 0 Å². The van der Waals surface area contributed by atoms with Crippen molar-refractivity contribution in [1.29, 1.82) is 0 Å². The Balaban J connectivity index is 0.00000101. The maximum Gasteiger partial charge on any atom is 0.219 e. The molecule has 90 heavy (non-hydrogen) atoms. The highest BCUT2D eigenvalue weighted by atomic mass is 16.5. The number of piperidine rings is 1. The molecule has 0 bridgehead atoms. The molecule has 1 aromatic rings. The summed E-state index contributed by atoms with van der Waals surface area (Å²) in [4.78, 5) is 38.1. The topological polar surface area (TPSA) is 71.2 Å². The van der Waals surface area contributed by atoms with Gasteiger partial charge in [-0.1, -0.05) is 45.0 Å². The molecule has 534 valence electrons. The van der Waals surface area contributed by atoms with Crippen molar-refractivity contribution in [2.45, 2.75) is 284 Å². The Kier molecular flexibility index (Phi) is 39.9. The first kappa shape index (κ1) is 88.2. The Hall–Kier alpha value is -1.79. The van der Waals surface area contributed by atoms with Gasteiger partial charge in [0, 0.05) is 190 Å². The molecule has 7 heterocycles. The van der Waals surface area contributed by atoms with E-state index in [1.165, 1.54) is 142 Å². The van der Waals surface area contributed by atoms with Crippen LogP contribution in [-0.2, 0) is 27.2 Å². The van der Waals surface area contributed by atoms with Crippen LogP contribution in [0.2, 0.25) is 0 Å². The maximum atomic E-state index is 11.1. The molecule has 0 aliphatic carbocycles. The summed E-state index contributed by atoms with van der Waals surface area (Å²) >= 11 is 0. The molecule has 1 amide bonds. The van der Waals surface area contributed by atoms with Gasteiger partial charge in [-0.15, -0.1) is 0 Å². The fourth-order valence-electron chi connectivity index (χ4n) is 11.7. The standard InChI is InChI=1S/C13H19N.C11H24N2.C10H20N2O.C10H22N2.C9H20N2.C9H19N.C8H17NO.C5H12O.CH4/c1-13(2,3)14-9-8-11-6-4-5-7-12(11)10-14;1-10(2)12-6-8-13(9-7-12)11(3,4)5;1-9(13)11-5-7-12(8-6-11)10(2,3)4;1-5-11-6-8-12(9-7-11)10(2,3)4;1-9(2,3)11-7-5-10(4)6-8-11;1-9(2,3)10-7-5-4-6-8-10;1-8(2,3)9-4-6-10-7-5-9;1-5(2,3)6-4;/h4-7H,8-10H2,1-3H3;10H,6-9H2,1-5H3;5-8H2,1-4H3;5-9H2,1-4H3;5-8H2,1-4H3;4-8H2,1-3H3;4-7H2,1-3H3;1-4H3;1H4. The van der Waals surface area contributed by atoms with E-state index in [4.69, 9.17) is 9.47 Å². The Bertz CT molecular complexity index is 1940. The van der Waals surface area contributed by atoms with Crippen LogP contribution in [-0.4, -0.2) is 282 Å². The highest BCUT2D eigenvalue weighted by molar-refractivity contribution is 5.73. The molecule has 6 fully saturated rings. The van der Waals surface area contributed by atoms with E-state index in [0.29, 0.717) is 39.3 Å². The third kappa shape index (κ3) is 37.5. The summed E-state index contributed by atoms with van der Waals surface area (Å²) in [6, 6.07) is 9.51. The summed E-state index contributed by atoms with van der Waals surface area (Å²) in [5, 5.41) is 0. The van der Waals surface area contributed by atoms with E-state index in [0.717, 1.165) is 59.0 Å². The lowest BCUT2D eigenvalue weighted by Crippen LogP contribution is -2.54. The van der Waals surface area contributed by atoms with Crippen LogP contribution >= 0.6 is 0 Å². The largest absolute Gasteiger partial charge is 0.379 e. The highest BCUT2D eigenvalue weighted by Gasteiger charge is 2.31. The van der Waals surface area contributed by atoms with Gasteiger partial charge < -0.3 is 24.2 Å². The van der Waals surface area contributed by atoms with Crippen LogP contribution in [0.25, 0.3) is 0 Å². The van der Waals surface area contributed by atoms with Gasteiger partial charge in [-0.2, -0.15) is 0 Å². The second kappa shape index (κ2) is 40.7. The molecular formula is C76H157N11O3. The van der Waals surface area contributed by atoms with Crippen LogP contribution in [0.5, 0.6) is 0 Å². The highest BCUT2D eigenvalue weighted by Crippen LogP contribution is 2.26. The van der Waals surface area contributed by atoms with Crippen molar-refractivity contribution in [2.24, 2.45) is 0 Å². The minimum absolute atomic E-state index is 0. The fraction of sp³-hybridized carbons (Fsp3) is 0.908. The molecule has 0 N–H and O–H groups in total. The molecule has 0 saturated carbocycles. The fourth-order valence-corrected chi connectivity index (χ4v) is 11.7. The molecule has 0 unspecified atom stereocenters.